The van der Waals surface area contributed by atoms with Crippen LogP contribution >= 0.6 is 0 Å². The number of ether oxygens (including phenoxy) is 1. The first kappa shape index (κ1) is 19.4. The minimum Gasteiger partial charge on any atom is -0.377 e. The second-order valence-corrected chi connectivity index (χ2v) is 6.56. The Balaban J connectivity index is 1.50. The largest absolute Gasteiger partial charge is 0.377 e. The summed E-state index contributed by atoms with van der Waals surface area (Å²) < 4.78 is 10.5. The normalized spacial score (nSPS) is 15.9. The molecule has 0 bridgehead atoms. The summed E-state index contributed by atoms with van der Waals surface area (Å²) in [6.07, 6.45) is 1.63. The van der Waals surface area contributed by atoms with Crippen LogP contribution in [0.15, 0.2) is 46.1 Å². The maximum Gasteiger partial charge on any atom is 0.194 e. The highest BCUT2D eigenvalue weighted by Gasteiger charge is 2.20. The van der Waals surface area contributed by atoms with Gasteiger partial charge < -0.3 is 19.5 Å². The quantitative estimate of drug-likeness (QED) is 0.594. The number of hydrogen-bond donors (Lipinski definition) is 1. The lowest BCUT2D eigenvalue weighted by molar-refractivity contribution is 0.133. The van der Waals surface area contributed by atoms with Gasteiger partial charge in [0, 0.05) is 59.0 Å². The molecule has 2 heterocycles. The standard InChI is InChI=1S/C20H29N5O2/c1-3-26-16-18-7-5-4-6-17(18)14-22-20(21-2)25-11-9-24(10-12-25)15-19-8-13-27-23-19/h4-8,13H,3,9-12,14-16H2,1-2H3,(H,21,22). The molecule has 1 N–H and O–H groups in total. The molecule has 0 radical (unpaired) electrons. The van der Waals surface area contributed by atoms with Crippen molar-refractivity contribution < 1.29 is 9.26 Å². The number of guanidine groups is 1. The summed E-state index contributed by atoms with van der Waals surface area (Å²) in [7, 11) is 1.84. The lowest BCUT2D eigenvalue weighted by Crippen LogP contribution is -2.52. The molecular formula is C20H29N5O2. The molecule has 0 amide bonds. The zero-order valence-electron chi connectivity index (χ0n) is 16.2. The summed E-state index contributed by atoms with van der Waals surface area (Å²) in [5.41, 5.74) is 3.45. The maximum absolute atomic E-state index is 5.58. The van der Waals surface area contributed by atoms with Crippen LogP contribution in [-0.4, -0.2) is 60.7 Å². The van der Waals surface area contributed by atoms with Crippen molar-refractivity contribution in [1.29, 1.82) is 0 Å². The number of aromatic nitrogens is 1. The van der Waals surface area contributed by atoms with Gasteiger partial charge in [-0.1, -0.05) is 29.4 Å². The number of benzene rings is 1. The molecule has 1 aromatic heterocycles. The van der Waals surface area contributed by atoms with Gasteiger partial charge >= 0.3 is 0 Å². The van der Waals surface area contributed by atoms with Crippen molar-refractivity contribution >= 4 is 5.96 Å². The van der Waals surface area contributed by atoms with Crippen LogP contribution in [0.5, 0.6) is 0 Å². The van der Waals surface area contributed by atoms with Crippen molar-refractivity contribution in [3.05, 3.63) is 53.4 Å². The summed E-state index contributed by atoms with van der Waals surface area (Å²) >= 11 is 0. The Kier molecular flexibility index (Phi) is 7.24. The number of hydrogen-bond acceptors (Lipinski definition) is 5. The zero-order chi connectivity index (χ0) is 18.9. The van der Waals surface area contributed by atoms with E-state index in [0.29, 0.717) is 6.61 Å². The summed E-state index contributed by atoms with van der Waals surface area (Å²) in [6, 6.07) is 10.3. The molecule has 1 aromatic carbocycles. The van der Waals surface area contributed by atoms with Gasteiger partial charge in [-0.25, -0.2) is 0 Å². The summed E-state index contributed by atoms with van der Waals surface area (Å²) in [5, 5.41) is 7.50. The molecular weight excluding hydrogens is 342 g/mol. The molecule has 0 saturated carbocycles. The Morgan fingerprint density at radius 2 is 1.96 bits per heavy atom. The highest BCUT2D eigenvalue weighted by atomic mass is 16.5. The maximum atomic E-state index is 5.58. The second-order valence-electron chi connectivity index (χ2n) is 6.56. The zero-order valence-corrected chi connectivity index (χ0v) is 16.2. The predicted molar refractivity (Wildman–Crippen MR) is 105 cm³/mol. The highest BCUT2D eigenvalue weighted by Crippen LogP contribution is 2.11. The minimum absolute atomic E-state index is 0.647. The monoisotopic (exact) mass is 371 g/mol. The average Bonchev–Trinajstić information content (AvgIpc) is 3.22. The van der Waals surface area contributed by atoms with E-state index >= 15 is 0 Å². The molecule has 0 aliphatic carbocycles. The van der Waals surface area contributed by atoms with Gasteiger partial charge in [0.25, 0.3) is 0 Å². The Labute approximate surface area is 161 Å². The first-order valence-corrected chi connectivity index (χ1v) is 9.52. The molecule has 27 heavy (non-hydrogen) atoms. The van der Waals surface area contributed by atoms with Crippen molar-refractivity contribution in [2.24, 2.45) is 4.99 Å². The van der Waals surface area contributed by atoms with Gasteiger partial charge in [0.05, 0.1) is 12.3 Å². The number of aliphatic imine (C=N–C) groups is 1. The summed E-state index contributed by atoms with van der Waals surface area (Å²) in [4.78, 5) is 9.17. The minimum atomic E-state index is 0.647. The lowest BCUT2D eigenvalue weighted by Gasteiger charge is -2.36. The van der Waals surface area contributed by atoms with Crippen LogP contribution in [0, 0.1) is 0 Å². The first-order valence-electron chi connectivity index (χ1n) is 9.52. The molecule has 1 saturated heterocycles. The fourth-order valence-electron chi connectivity index (χ4n) is 3.26. The van der Waals surface area contributed by atoms with Crippen molar-refractivity contribution in [3.8, 4) is 0 Å². The number of nitrogens with one attached hydrogen (secondary N) is 1. The van der Waals surface area contributed by atoms with E-state index in [4.69, 9.17) is 9.26 Å². The molecule has 7 heteroatoms. The fourth-order valence-corrected chi connectivity index (χ4v) is 3.26. The van der Waals surface area contributed by atoms with Crippen LogP contribution in [0.25, 0.3) is 0 Å². The van der Waals surface area contributed by atoms with Crippen LogP contribution in [0.2, 0.25) is 0 Å². The van der Waals surface area contributed by atoms with Crippen LogP contribution < -0.4 is 5.32 Å². The van der Waals surface area contributed by atoms with Crippen LogP contribution in [0.1, 0.15) is 23.7 Å². The summed E-state index contributed by atoms with van der Waals surface area (Å²) in [5.74, 6) is 0.947. The third kappa shape index (κ3) is 5.55. The Morgan fingerprint density at radius 1 is 1.19 bits per heavy atom. The second kappa shape index (κ2) is 10.1. The summed E-state index contributed by atoms with van der Waals surface area (Å²) in [6.45, 7) is 8.82. The number of rotatable bonds is 7. The van der Waals surface area contributed by atoms with Crippen molar-refractivity contribution in [3.63, 3.8) is 0 Å². The predicted octanol–water partition coefficient (Wildman–Crippen LogP) is 2.10. The van der Waals surface area contributed by atoms with Gasteiger partial charge in [-0.05, 0) is 18.1 Å². The van der Waals surface area contributed by atoms with Crippen LogP contribution in [0.4, 0.5) is 0 Å². The van der Waals surface area contributed by atoms with E-state index in [9.17, 15) is 0 Å². The smallest absolute Gasteiger partial charge is 0.194 e. The highest BCUT2D eigenvalue weighted by molar-refractivity contribution is 5.80. The lowest BCUT2D eigenvalue weighted by atomic mass is 10.1. The van der Waals surface area contributed by atoms with Crippen molar-refractivity contribution in [2.75, 3.05) is 39.8 Å². The molecule has 0 unspecified atom stereocenters. The van der Waals surface area contributed by atoms with E-state index in [0.717, 1.165) is 57.5 Å². The number of nitrogens with zero attached hydrogens (tertiary/aromatic N) is 4. The van der Waals surface area contributed by atoms with Crippen molar-refractivity contribution in [2.45, 2.75) is 26.6 Å². The molecule has 0 atom stereocenters. The Morgan fingerprint density at radius 3 is 2.63 bits per heavy atom. The fraction of sp³-hybridized carbons (Fsp3) is 0.500. The molecule has 2 aromatic rings. The van der Waals surface area contributed by atoms with E-state index in [1.54, 1.807) is 6.26 Å². The third-order valence-corrected chi connectivity index (χ3v) is 4.78. The molecule has 0 spiro atoms. The van der Waals surface area contributed by atoms with E-state index < -0.39 is 0 Å². The van der Waals surface area contributed by atoms with Crippen LogP contribution in [-0.2, 0) is 24.4 Å². The van der Waals surface area contributed by atoms with Crippen LogP contribution in [0.3, 0.4) is 0 Å². The third-order valence-electron chi connectivity index (χ3n) is 4.78. The SMILES string of the molecule is CCOCc1ccccc1CNC(=NC)N1CCN(Cc2ccon2)CC1. The molecule has 7 nitrogen and oxygen atoms in total. The first-order chi connectivity index (χ1) is 13.3. The average molecular weight is 371 g/mol. The van der Waals surface area contributed by atoms with Gasteiger partial charge in [-0.15, -0.1) is 0 Å². The molecule has 146 valence electrons. The van der Waals surface area contributed by atoms with Gasteiger partial charge in [-0.3, -0.25) is 9.89 Å². The molecule has 3 rings (SSSR count). The van der Waals surface area contributed by atoms with Gasteiger partial charge in [0.15, 0.2) is 5.96 Å². The topological polar surface area (TPSA) is 66.1 Å². The van der Waals surface area contributed by atoms with E-state index in [1.165, 1.54) is 11.1 Å². The molecule has 1 fully saturated rings. The van der Waals surface area contributed by atoms with Gasteiger partial charge in [0.2, 0.25) is 0 Å². The molecule has 1 aliphatic heterocycles. The van der Waals surface area contributed by atoms with Gasteiger partial charge in [0.1, 0.15) is 6.26 Å². The van der Waals surface area contributed by atoms with E-state index in [2.05, 4.69) is 49.5 Å². The Hall–Kier alpha value is -2.38. The van der Waals surface area contributed by atoms with Crippen molar-refractivity contribution in [1.82, 2.24) is 20.3 Å². The number of piperazine rings is 1. The van der Waals surface area contributed by atoms with E-state index in [-0.39, 0.29) is 0 Å². The molecule has 1 aliphatic rings. The van der Waals surface area contributed by atoms with Gasteiger partial charge in [-0.2, -0.15) is 0 Å². The van der Waals surface area contributed by atoms with E-state index in [1.807, 2.05) is 20.0 Å². The Bertz CT molecular complexity index is 709.